The number of likely N-dealkylation sites (tertiary alicyclic amines) is 1. The first kappa shape index (κ1) is 17.6. The summed E-state index contributed by atoms with van der Waals surface area (Å²) in [7, 11) is 0. The zero-order chi connectivity index (χ0) is 18.0. The number of benzene rings is 2. The fourth-order valence-corrected chi connectivity index (χ4v) is 3.38. The van der Waals surface area contributed by atoms with Gasteiger partial charge in [-0.1, -0.05) is 12.1 Å². The molecule has 130 valence electrons. The Morgan fingerprint density at radius 3 is 2.56 bits per heavy atom. The van der Waals surface area contributed by atoms with Crippen LogP contribution in [0.4, 0.5) is 10.1 Å². The number of rotatable bonds is 3. The number of para-hydroxylation sites is 1. The number of aryl methyl sites for hydroxylation is 1. The molecule has 25 heavy (non-hydrogen) atoms. The normalized spacial score (nSPS) is 13.8. The van der Waals surface area contributed by atoms with Gasteiger partial charge < -0.3 is 10.2 Å². The van der Waals surface area contributed by atoms with Crippen LogP contribution in [0.1, 0.15) is 39.1 Å². The summed E-state index contributed by atoms with van der Waals surface area (Å²) in [5.41, 5.74) is 1.90. The molecule has 1 aliphatic rings. The molecule has 0 aliphatic carbocycles. The molecule has 1 N–H and O–H groups in total. The van der Waals surface area contributed by atoms with Gasteiger partial charge in [-0.05, 0) is 65.5 Å². The first-order chi connectivity index (χ1) is 12.0. The molecular weight excluding hydrogens is 387 g/mol. The van der Waals surface area contributed by atoms with Crippen LogP contribution >= 0.6 is 15.9 Å². The number of anilines is 1. The molecule has 0 radical (unpaired) electrons. The van der Waals surface area contributed by atoms with Crippen molar-refractivity contribution in [3.05, 3.63) is 63.4 Å². The molecule has 2 amide bonds. The quantitative estimate of drug-likeness (QED) is 0.824. The molecule has 3 rings (SSSR count). The predicted molar refractivity (Wildman–Crippen MR) is 98.4 cm³/mol. The summed E-state index contributed by atoms with van der Waals surface area (Å²) in [6, 6.07) is 9.27. The smallest absolute Gasteiger partial charge is 0.256 e. The lowest BCUT2D eigenvalue weighted by atomic mass is 10.1. The molecule has 2 aromatic rings. The zero-order valence-corrected chi connectivity index (χ0v) is 15.4. The van der Waals surface area contributed by atoms with Crippen LogP contribution in [0.15, 0.2) is 40.9 Å². The van der Waals surface area contributed by atoms with Gasteiger partial charge in [0.2, 0.25) is 0 Å². The van der Waals surface area contributed by atoms with Crippen LogP contribution in [0.2, 0.25) is 0 Å². The Balaban J connectivity index is 1.93. The number of nitrogens with one attached hydrogen (secondary N) is 1. The van der Waals surface area contributed by atoms with Gasteiger partial charge in [-0.2, -0.15) is 0 Å². The fraction of sp³-hybridized carbons (Fsp3) is 0.263. The van der Waals surface area contributed by atoms with E-state index < -0.39 is 11.7 Å². The average Bonchev–Trinajstić information content (AvgIpc) is 3.12. The average molecular weight is 405 g/mol. The Hall–Kier alpha value is -2.21. The van der Waals surface area contributed by atoms with Crippen molar-refractivity contribution in [2.45, 2.75) is 19.8 Å². The van der Waals surface area contributed by atoms with E-state index in [1.807, 2.05) is 13.0 Å². The first-order valence-electron chi connectivity index (χ1n) is 8.12. The molecule has 0 aromatic heterocycles. The lowest BCUT2D eigenvalue weighted by Gasteiger charge is -2.19. The van der Waals surface area contributed by atoms with Crippen molar-refractivity contribution in [2.24, 2.45) is 0 Å². The Morgan fingerprint density at radius 1 is 1.12 bits per heavy atom. The Kier molecular flexibility index (Phi) is 5.18. The SMILES string of the molecule is Cc1cccc(C(=O)N2CCCC2)c1NC(=O)c1cc(F)ccc1Br. The lowest BCUT2D eigenvalue weighted by molar-refractivity contribution is 0.0794. The number of carbonyl (C=O) groups is 2. The van der Waals surface area contributed by atoms with Gasteiger partial charge in [0, 0.05) is 17.6 Å². The Labute approximate surface area is 154 Å². The summed E-state index contributed by atoms with van der Waals surface area (Å²) in [5, 5.41) is 2.78. The van der Waals surface area contributed by atoms with Crippen LogP contribution in [0, 0.1) is 12.7 Å². The van der Waals surface area contributed by atoms with E-state index in [-0.39, 0.29) is 11.5 Å². The van der Waals surface area contributed by atoms with E-state index in [4.69, 9.17) is 0 Å². The Bertz CT molecular complexity index is 832. The van der Waals surface area contributed by atoms with Gasteiger partial charge in [0.25, 0.3) is 11.8 Å². The Morgan fingerprint density at radius 2 is 1.84 bits per heavy atom. The minimum absolute atomic E-state index is 0.0881. The predicted octanol–water partition coefficient (Wildman–Crippen LogP) is 4.38. The van der Waals surface area contributed by atoms with E-state index in [9.17, 15) is 14.0 Å². The first-order valence-corrected chi connectivity index (χ1v) is 8.92. The van der Waals surface area contributed by atoms with Crippen LogP contribution in [-0.2, 0) is 0 Å². The van der Waals surface area contributed by atoms with Crippen LogP contribution in [0.3, 0.4) is 0 Å². The van der Waals surface area contributed by atoms with Gasteiger partial charge in [-0.3, -0.25) is 9.59 Å². The molecule has 4 nitrogen and oxygen atoms in total. The van der Waals surface area contributed by atoms with Crippen LogP contribution in [0.25, 0.3) is 0 Å². The van der Waals surface area contributed by atoms with Gasteiger partial charge in [0.1, 0.15) is 5.82 Å². The third-order valence-electron chi connectivity index (χ3n) is 4.31. The summed E-state index contributed by atoms with van der Waals surface area (Å²) in [4.78, 5) is 27.2. The van der Waals surface area contributed by atoms with Crippen LogP contribution in [0.5, 0.6) is 0 Å². The van der Waals surface area contributed by atoms with Crippen molar-refractivity contribution in [1.82, 2.24) is 4.90 Å². The standard InChI is InChI=1S/C19H18BrFN2O2/c1-12-5-4-6-14(19(25)23-9-2-3-10-23)17(12)22-18(24)15-11-13(21)7-8-16(15)20/h4-8,11H,2-3,9-10H2,1H3,(H,22,24). The highest BCUT2D eigenvalue weighted by atomic mass is 79.9. The van der Waals surface area contributed by atoms with E-state index in [1.54, 1.807) is 17.0 Å². The number of halogens is 2. The summed E-state index contributed by atoms with van der Waals surface area (Å²) in [6.07, 6.45) is 1.99. The van der Waals surface area contributed by atoms with Gasteiger partial charge in [-0.15, -0.1) is 0 Å². The number of hydrogen-bond donors (Lipinski definition) is 1. The van der Waals surface area contributed by atoms with Crippen molar-refractivity contribution >= 4 is 33.4 Å². The lowest BCUT2D eigenvalue weighted by Crippen LogP contribution is -2.29. The second-order valence-electron chi connectivity index (χ2n) is 6.08. The maximum absolute atomic E-state index is 13.5. The topological polar surface area (TPSA) is 49.4 Å². The van der Waals surface area contributed by atoms with Crippen molar-refractivity contribution in [1.29, 1.82) is 0 Å². The zero-order valence-electron chi connectivity index (χ0n) is 13.8. The minimum atomic E-state index is -0.494. The highest BCUT2D eigenvalue weighted by molar-refractivity contribution is 9.10. The van der Waals surface area contributed by atoms with Gasteiger partial charge >= 0.3 is 0 Å². The molecule has 1 aliphatic heterocycles. The monoisotopic (exact) mass is 404 g/mol. The summed E-state index contributed by atoms with van der Waals surface area (Å²) in [5.74, 6) is -1.04. The van der Waals surface area contributed by atoms with Crippen molar-refractivity contribution < 1.29 is 14.0 Å². The molecular formula is C19H18BrFN2O2. The van der Waals surface area contributed by atoms with Crippen molar-refractivity contribution in [3.63, 3.8) is 0 Å². The molecule has 2 aromatic carbocycles. The van der Waals surface area contributed by atoms with Crippen LogP contribution in [-0.4, -0.2) is 29.8 Å². The second kappa shape index (κ2) is 7.35. The maximum atomic E-state index is 13.5. The number of hydrogen-bond acceptors (Lipinski definition) is 2. The largest absolute Gasteiger partial charge is 0.339 e. The van der Waals surface area contributed by atoms with Crippen molar-refractivity contribution in [2.75, 3.05) is 18.4 Å². The van der Waals surface area contributed by atoms with E-state index in [2.05, 4.69) is 21.2 Å². The highest BCUT2D eigenvalue weighted by Gasteiger charge is 2.24. The molecule has 1 heterocycles. The molecule has 1 saturated heterocycles. The van der Waals surface area contributed by atoms with Crippen molar-refractivity contribution in [3.8, 4) is 0 Å². The van der Waals surface area contributed by atoms with E-state index in [1.165, 1.54) is 18.2 Å². The van der Waals surface area contributed by atoms with Crippen LogP contribution < -0.4 is 5.32 Å². The molecule has 6 heteroatoms. The highest BCUT2D eigenvalue weighted by Crippen LogP contribution is 2.26. The fourth-order valence-electron chi connectivity index (χ4n) is 2.95. The number of nitrogens with zero attached hydrogens (tertiary/aromatic N) is 1. The third kappa shape index (κ3) is 3.74. The molecule has 0 atom stereocenters. The molecule has 0 spiro atoms. The van der Waals surface area contributed by atoms with Gasteiger partial charge in [0.15, 0.2) is 0 Å². The molecule has 0 saturated carbocycles. The minimum Gasteiger partial charge on any atom is -0.339 e. The number of carbonyl (C=O) groups excluding carboxylic acids is 2. The third-order valence-corrected chi connectivity index (χ3v) is 5.00. The summed E-state index contributed by atoms with van der Waals surface area (Å²) in [6.45, 7) is 3.29. The second-order valence-corrected chi connectivity index (χ2v) is 6.93. The molecule has 1 fully saturated rings. The molecule has 0 bridgehead atoms. The van der Waals surface area contributed by atoms with Gasteiger partial charge in [-0.25, -0.2) is 4.39 Å². The van der Waals surface area contributed by atoms with E-state index in [0.717, 1.165) is 31.5 Å². The van der Waals surface area contributed by atoms with E-state index in [0.29, 0.717) is 15.7 Å². The summed E-state index contributed by atoms with van der Waals surface area (Å²) >= 11 is 3.26. The van der Waals surface area contributed by atoms with Gasteiger partial charge in [0.05, 0.1) is 16.8 Å². The number of amides is 2. The van der Waals surface area contributed by atoms with E-state index >= 15 is 0 Å². The molecule has 0 unspecified atom stereocenters. The maximum Gasteiger partial charge on any atom is 0.256 e. The summed E-state index contributed by atoms with van der Waals surface area (Å²) < 4.78 is 14.0.